The Morgan fingerprint density at radius 3 is 2.65 bits per heavy atom. The summed E-state index contributed by atoms with van der Waals surface area (Å²) in [5, 5.41) is 3.15. The van der Waals surface area contributed by atoms with Crippen molar-refractivity contribution in [2.45, 2.75) is 69.6 Å². The molecule has 0 aromatic carbocycles. The van der Waals surface area contributed by atoms with Crippen molar-refractivity contribution in [3.8, 4) is 0 Å². The first kappa shape index (κ1) is 13.7. The predicted octanol–water partition coefficient (Wildman–Crippen LogP) is 3.01. The lowest BCUT2D eigenvalue weighted by Crippen LogP contribution is -2.47. The van der Waals surface area contributed by atoms with Gasteiger partial charge in [-0.2, -0.15) is 0 Å². The van der Waals surface area contributed by atoms with Gasteiger partial charge in [0.05, 0.1) is 18.2 Å². The van der Waals surface area contributed by atoms with Crippen LogP contribution >= 0.6 is 0 Å². The summed E-state index contributed by atoms with van der Waals surface area (Å²) < 4.78 is 6.26. The Balaban J connectivity index is 1.58. The molecule has 1 aromatic rings. The van der Waals surface area contributed by atoms with Crippen LogP contribution in [0, 0.1) is 0 Å². The zero-order valence-corrected chi connectivity index (χ0v) is 11.9. The summed E-state index contributed by atoms with van der Waals surface area (Å²) in [6.45, 7) is 0. The predicted molar refractivity (Wildman–Crippen MR) is 77.6 cm³/mol. The first-order valence-electron chi connectivity index (χ1n) is 7.92. The number of hydrogen-bond donors (Lipinski definition) is 2. The van der Waals surface area contributed by atoms with Crippen LogP contribution < -0.4 is 5.32 Å². The van der Waals surface area contributed by atoms with Crippen LogP contribution in [0.3, 0.4) is 0 Å². The highest BCUT2D eigenvalue weighted by Gasteiger charge is 2.30. The minimum absolute atomic E-state index is 0.0121. The molecule has 3 rings (SSSR count). The summed E-state index contributed by atoms with van der Waals surface area (Å²) in [5.41, 5.74) is 0.634. The molecule has 0 bridgehead atoms. The van der Waals surface area contributed by atoms with Crippen molar-refractivity contribution in [1.29, 1.82) is 0 Å². The van der Waals surface area contributed by atoms with Gasteiger partial charge in [-0.05, 0) is 37.8 Å². The molecule has 110 valence electrons. The average molecular weight is 276 g/mol. The van der Waals surface area contributed by atoms with Crippen LogP contribution in [-0.2, 0) is 4.74 Å². The summed E-state index contributed by atoms with van der Waals surface area (Å²) in [6, 6.07) is 3.83. The van der Waals surface area contributed by atoms with Crippen LogP contribution in [0.4, 0.5) is 0 Å². The highest BCUT2D eigenvalue weighted by Crippen LogP contribution is 2.28. The van der Waals surface area contributed by atoms with Crippen molar-refractivity contribution in [3.05, 3.63) is 24.0 Å². The second-order valence-corrected chi connectivity index (χ2v) is 6.03. The molecule has 2 saturated carbocycles. The van der Waals surface area contributed by atoms with Gasteiger partial charge >= 0.3 is 0 Å². The van der Waals surface area contributed by atoms with Crippen LogP contribution in [-0.4, -0.2) is 29.1 Å². The minimum atomic E-state index is -0.0121. The highest BCUT2D eigenvalue weighted by atomic mass is 16.5. The lowest BCUT2D eigenvalue weighted by atomic mass is 9.92. The molecule has 2 aliphatic rings. The van der Waals surface area contributed by atoms with Crippen molar-refractivity contribution in [2.75, 3.05) is 0 Å². The molecule has 4 nitrogen and oxygen atoms in total. The summed E-state index contributed by atoms with van der Waals surface area (Å²) in [6.07, 6.45) is 11.9. The lowest BCUT2D eigenvalue weighted by Gasteiger charge is -2.34. The molecule has 0 unspecified atom stereocenters. The Labute approximate surface area is 120 Å². The van der Waals surface area contributed by atoms with Crippen LogP contribution in [0.2, 0.25) is 0 Å². The zero-order valence-electron chi connectivity index (χ0n) is 11.9. The number of aromatic amines is 1. The molecular weight excluding hydrogens is 252 g/mol. The van der Waals surface area contributed by atoms with Gasteiger partial charge in [0.1, 0.15) is 5.69 Å². The molecule has 1 heterocycles. The van der Waals surface area contributed by atoms with Crippen molar-refractivity contribution in [1.82, 2.24) is 10.3 Å². The number of hydrogen-bond acceptors (Lipinski definition) is 2. The Morgan fingerprint density at radius 1 is 1.15 bits per heavy atom. The molecule has 0 radical (unpaired) electrons. The van der Waals surface area contributed by atoms with Crippen LogP contribution in [0.15, 0.2) is 18.3 Å². The second-order valence-electron chi connectivity index (χ2n) is 6.03. The number of H-pyrrole nitrogens is 1. The smallest absolute Gasteiger partial charge is 0.267 e. The Morgan fingerprint density at radius 2 is 1.90 bits per heavy atom. The van der Waals surface area contributed by atoms with E-state index < -0.39 is 0 Å². The molecule has 2 aliphatic carbocycles. The van der Waals surface area contributed by atoms with Crippen molar-refractivity contribution in [2.24, 2.45) is 0 Å². The van der Waals surface area contributed by atoms with Gasteiger partial charge in [0.2, 0.25) is 0 Å². The van der Waals surface area contributed by atoms with Gasteiger partial charge in [0, 0.05) is 6.20 Å². The molecule has 2 fully saturated rings. The molecule has 0 saturated heterocycles. The fourth-order valence-corrected chi connectivity index (χ4v) is 3.41. The third-order valence-corrected chi connectivity index (χ3v) is 4.53. The number of aromatic nitrogens is 1. The quantitative estimate of drug-likeness (QED) is 0.888. The molecule has 0 spiro atoms. The van der Waals surface area contributed by atoms with E-state index in [1.165, 1.54) is 38.5 Å². The molecule has 2 atom stereocenters. The van der Waals surface area contributed by atoms with Crippen molar-refractivity contribution >= 4 is 5.91 Å². The molecule has 1 amide bonds. The molecule has 0 aliphatic heterocycles. The summed E-state index contributed by atoms with van der Waals surface area (Å²) >= 11 is 0. The lowest BCUT2D eigenvalue weighted by molar-refractivity contribution is -0.0419. The molecular formula is C16H24N2O2. The molecule has 1 aromatic heterocycles. The monoisotopic (exact) mass is 276 g/mol. The fraction of sp³-hybridized carbons (Fsp3) is 0.688. The van der Waals surface area contributed by atoms with Gasteiger partial charge < -0.3 is 15.0 Å². The molecule has 4 heteroatoms. The van der Waals surface area contributed by atoms with Crippen LogP contribution in [0.1, 0.15) is 61.9 Å². The van der Waals surface area contributed by atoms with E-state index in [1.807, 2.05) is 12.1 Å². The number of carbonyl (C=O) groups is 1. The van der Waals surface area contributed by atoms with Crippen molar-refractivity contribution < 1.29 is 9.53 Å². The van der Waals surface area contributed by atoms with E-state index in [0.717, 1.165) is 12.8 Å². The van der Waals surface area contributed by atoms with E-state index >= 15 is 0 Å². The standard InChI is InChI=1S/C16H24N2O2/c19-16(14-9-5-11-17-14)18-13-8-3-4-10-15(13)20-12-6-1-2-7-12/h5,9,11-13,15,17H,1-4,6-8,10H2,(H,18,19)/t13-,15-/m0/s1. The molecule has 2 N–H and O–H groups in total. The van der Waals surface area contributed by atoms with Gasteiger partial charge in [-0.25, -0.2) is 0 Å². The van der Waals surface area contributed by atoms with Gasteiger partial charge in [-0.3, -0.25) is 4.79 Å². The van der Waals surface area contributed by atoms with Crippen LogP contribution in [0.25, 0.3) is 0 Å². The van der Waals surface area contributed by atoms with Gasteiger partial charge in [0.25, 0.3) is 5.91 Å². The third kappa shape index (κ3) is 3.23. The van der Waals surface area contributed by atoms with Gasteiger partial charge in [-0.1, -0.05) is 25.7 Å². The summed E-state index contributed by atoms with van der Waals surface area (Å²) in [5.74, 6) is -0.0121. The number of ether oxygens (including phenoxy) is 1. The van der Waals surface area contributed by atoms with E-state index in [9.17, 15) is 4.79 Å². The fourth-order valence-electron chi connectivity index (χ4n) is 3.41. The summed E-state index contributed by atoms with van der Waals surface area (Å²) in [4.78, 5) is 15.1. The van der Waals surface area contributed by atoms with E-state index in [2.05, 4.69) is 10.3 Å². The number of nitrogens with one attached hydrogen (secondary N) is 2. The van der Waals surface area contributed by atoms with Crippen LogP contribution in [0.5, 0.6) is 0 Å². The highest BCUT2D eigenvalue weighted by molar-refractivity contribution is 5.92. The van der Waals surface area contributed by atoms with Gasteiger partial charge in [-0.15, -0.1) is 0 Å². The number of amides is 1. The third-order valence-electron chi connectivity index (χ3n) is 4.53. The SMILES string of the molecule is O=C(N[C@H]1CCCC[C@@H]1OC1CCCC1)c1ccc[nH]1. The maximum Gasteiger partial charge on any atom is 0.267 e. The average Bonchev–Trinajstić information content (AvgIpc) is 3.13. The number of carbonyl (C=O) groups excluding carboxylic acids is 1. The topological polar surface area (TPSA) is 54.1 Å². The van der Waals surface area contributed by atoms with E-state index in [1.54, 1.807) is 6.20 Å². The normalized spacial score (nSPS) is 27.6. The van der Waals surface area contributed by atoms with E-state index in [-0.39, 0.29) is 18.1 Å². The maximum absolute atomic E-state index is 12.2. The Kier molecular flexibility index (Phi) is 4.41. The van der Waals surface area contributed by atoms with Crippen molar-refractivity contribution in [3.63, 3.8) is 0 Å². The molecule has 20 heavy (non-hydrogen) atoms. The minimum Gasteiger partial charge on any atom is -0.373 e. The Bertz CT molecular complexity index is 424. The zero-order chi connectivity index (χ0) is 13.8. The largest absolute Gasteiger partial charge is 0.373 e. The number of rotatable bonds is 4. The second kappa shape index (κ2) is 6.44. The summed E-state index contributed by atoms with van der Waals surface area (Å²) in [7, 11) is 0. The first-order chi connectivity index (χ1) is 9.83. The first-order valence-corrected chi connectivity index (χ1v) is 7.92. The van der Waals surface area contributed by atoms with Gasteiger partial charge in [0.15, 0.2) is 0 Å². The maximum atomic E-state index is 12.2. The van der Waals surface area contributed by atoms with E-state index in [0.29, 0.717) is 11.8 Å². The van der Waals surface area contributed by atoms with E-state index in [4.69, 9.17) is 4.74 Å². The Hall–Kier alpha value is -1.29.